The summed E-state index contributed by atoms with van der Waals surface area (Å²) in [5.74, 6) is -2.92. The minimum atomic E-state index is -5.14. The third-order valence-corrected chi connectivity index (χ3v) is 8.02. The van der Waals surface area contributed by atoms with Crippen LogP contribution in [0.3, 0.4) is 0 Å². The summed E-state index contributed by atoms with van der Waals surface area (Å²) in [5, 5.41) is 1.79. The van der Waals surface area contributed by atoms with Gasteiger partial charge in [0.15, 0.2) is 0 Å². The molecule has 0 aliphatic rings. The lowest BCUT2D eigenvalue weighted by Gasteiger charge is -2.31. The smallest absolute Gasteiger partial charge is 0.308 e. The normalized spacial score (nSPS) is 13.8. The first-order valence-electron chi connectivity index (χ1n) is 9.82. The molecule has 178 valence electrons. The topological polar surface area (TPSA) is 83.1 Å². The van der Waals surface area contributed by atoms with Crippen LogP contribution in [0, 0.1) is 0 Å². The number of rotatable bonds is 13. The fraction of sp³-hybridized carbons (Fsp3) is 0.400. The molecule has 0 radical (unpaired) electrons. The van der Waals surface area contributed by atoms with Crippen LogP contribution in [0.1, 0.15) is 25.0 Å². The van der Waals surface area contributed by atoms with Crippen LogP contribution in [0.4, 0.5) is 13.2 Å². The Bertz CT molecular complexity index is 857. The maximum absolute atomic E-state index is 13.9. The Morgan fingerprint density at radius 2 is 1.19 bits per heavy atom. The lowest BCUT2D eigenvalue weighted by Crippen LogP contribution is -2.42. The van der Waals surface area contributed by atoms with E-state index in [1.165, 1.54) is 13.8 Å². The summed E-state index contributed by atoms with van der Waals surface area (Å²) in [6.45, 7) is 1.50. The van der Waals surface area contributed by atoms with Crippen molar-refractivity contribution in [2.45, 2.75) is 39.0 Å². The zero-order chi connectivity index (χ0) is 23.7. The Morgan fingerprint density at radius 1 is 0.781 bits per heavy atom. The molecule has 0 saturated carbocycles. The van der Waals surface area contributed by atoms with Crippen molar-refractivity contribution >= 4 is 15.3 Å². The van der Waals surface area contributed by atoms with Crippen LogP contribution in [0.15, 0.2) is 60.7 Å². The average molecular weight is 495 g/mol. The molecular weight excluding hydrogens is 469 g/mol. The van der Waals surface area contributed by atoms with Crippen LogP contribution in [-0.2, 0) is 40.4 Å². The summed E-state index contributed by atoms with van der Waals surface area (Å²) in [5.41, 5.74) is 1.11. The molecule has 0 amide bonds. The van der Waals surface area contributed by atoms with Crippen molar-refractivity contribution in [1.82, 2.24) is 5.09 Å². The molecule has 2 rings (SSSR count). The van der Waals surface area contributed by atoms with Crippen molar-refractivity contribution < 1.29 is 40.4 Å². The molecule has 0 spiro atoms. The van der Waals surface area contributed by atoms with E-state index in [1.807, 2.05) is 0 Å². The number of nitrogens with one attached hydrogen (secondary N) is 1. The molecule has 0 bridgehead atoms. The van der Waals surface area contributed by atoms with Crippen LogP contribution < -0.4 is 5.09 Å². The van der Waals surface area contributed by atoms with Gasteiger partial charge in [-0.3, -0.25) is 13.6 Å². The maximum Gasteiger partial charge on any atom is 0.415 e. The first-order valence-corrected chi connectivity index (χ1v) is 13.0. The van der Waals surface area contributed by atoms with E-state index in [1.54, 1.807) is 65.8 Å². The maximum atomic E-state index is 13.9. The van der Waals surface area contributed by atoms with Crippen LogP contribution in [-0.4, -0.2) is 25.2 Å². The first kappa shape index (κ1) is 26.7. The van der Waals surface area contributed by atoms with Crippen LogP contribution in [0.2, 0.25) is 0 Å². The highest BCUT2D eigenvalue weighted by atomic mass is 31.2. The molecule has 1 atom stereocenters. The quantitative estimate of drug-likeness (QED) is 0.328. The lowest BCUT2D eigenvalue weighted by molar-refractivity contribution is -0.138. The van der Waals surface area contributed by atoms with Crippen LogP contribution in [0.5, 0.6) is 0 Å². The summed E-state index contributed by atoms with van der Waals surface area (Å²) >= 11 is 0. The van der Waals surface area contributed by atoms with E-state index in [0.29, 0.717) is 11.1 Å². The minimum absolute atomic E-state index is 0.307. The number of hydrogen-bond acceptors (Lipinski definition) is 6. The summed E-state index contributed by atoms with van der Waals surface area (Å²) in [6, 6.07) is 16.8. The number of alkyl halides is 3. The molecular formula is C20H26F3NO6P2. The van der Waals surface area contributed by atoms with Gasteiger partial charge in [-0.2, -0.15) is 18.3 Å². The third kappa shape index (κ3) is 8.12. The Kier molecular flexibility index (Phi) is 10.1. The van der Waals surface area contributed by atoms with Crippen molar-refractivity contribution in [1.29, 1.82) is 0 Å². The Hall–Kier alpha value is -1.51. The van der Waals surface area contributed by atoms with Crippen molar-refractivity contribution in [2.75, 3.05) is 13.2 Å². The van der Waals surface area contributed by atoms with E-state index in [-0.39, 0.29) is 26.4 Å². The Morgan fingerprint density at radius 3 is 1.53 bits per heavy atom. The molecule has 0 heterocycles. The number of benzene rings is 2. The molecule has 32 heavy (non-hydrogen) atoms. The van der Waals surface area contributed by atoms with Crippen molar-refractivity contribution in [3.8, 4) is 0 Å². The highest BCUT2D eigenvalue weighted by molar-refractivity contribution is 7.57. The van der Waals surface area contributed by atoms with Crippen molar-refractivity contribution in [3.63, 3.8) is 0 Å². The molecule has 0 fully saturated rings. The van der Waals surface area contributed by atoms with Crippen molar-refractivity contribution in [2.24, 2.45) is 0 Å². The second kappa shape index (κ2) is 12.1. The van der Waals surface area contributed by atoms with E-state index < -0.39 is 27.3 Å². The van der Waals surface area contributed by atoms with Gasteiger partial charge in [0.1, 0.15) is 0 Å². The fourth-order valence-corrected chi connectivity index (χ4v) is 6.35. The molecule has 0 aliphatic heterocycles. The summed E-state index contributed by atoms with van der Waals surface area (Å²) in [4.78, 5) is 0. The summed E-state index contributed by atoms with van der Waals surface area (Å²) in [6.07, 6.45) is -5.14. The number of hydrogen-bond donors (Lipinski definition) is 1. The van der Waals surface area contributed by atoms with E-state index in [2.05, 4.69) is 0 Å². The predicted octanol–water partition coefficient (Wildman–Crippen LogP) is 6.27. The summed E-state index contributed by atoms with van der Waals surface area (Å²) in [7, 11) is -9.46. The monoisotopic (exact) mass is 495 g/mol. The van der Waals surface area contributed by atoms with E-state index in [0.717, 1.165) is 0 Å². The molecule has 2 aromatic carbocycles. The van der Waals surface area contributed by atoms with E-state index in [9.17, 15) is 22.3 Å². The van der Waals surface area contributed by atoms with Crippen LogP contribution in [0.25, 0.3) is 0 Å². The highest BCUT2D eigenvalue weighted by Crippen LogP contribution is 2.61. The largest absolute Gasteiger partial charge is 0.415 e. The molecule has 0 saturated heterocycles. The summed E-state index contributed by atoms with van der Waals surface area (Å²) < 4.78 is 88.3. The van der Waals surface area contributed by atoms with Gasteiger partial charge in [-0.15, -0.1) is 0 Å². The van der Waals surface area contributed by atoms with Gasteiger partial charge in [-0.05, 0) is 25.0 Å². The van der Waals surface area contributed by atoms with Gasteiger partial charge >= 0.3 is 21.5 Å². The van der Waals surface area contributed by atoms with Gasteiger partial charge < -0.3 is 9.05 Å². The first-order chi connectivity index (χ1) is 15.1. The minimum Gasteiger partial charge on any atom is -0.308 e. The van der Waals surface area contributed by atoms with Gasteiger partial charge in [-0.25, -0.2) is 4.57 Å². The van der Waals surface area contributed by atoms with E-state index >= 15 is 0 Å². The van der Waals surface area contributed by atoms with Crippen LogP contribution >= 0.6 is 15.3 Å². The molecule has 2 aromatic rings. The van der Waals surface area contributed by atoms with Gasteiger partial charge in [0, 0.05) is 0 Å². The Labute approximate surface area is 185 Å². The molecule has 0 aromatic heterocycles. The van der Waals surface area contributed by atoms with Gasteiger partial charge in [-0.1, -0.05) is 60.7 Å². The van der Waals surface area contributed by atoms with Gasteiger partial charge in [0.05, 0.1) is 26.4 Å². The zero-order valence-electron chi connectivity index (χ0n) is 17.7. The standard InChI is InChI=1S/C20H26F3NO6P2/c1-3-27-31(25,28-4-2)19(20(21,22)23)24-32(26,29-15-17-11-7-5-8-12-17)30-16-18-13-9-6-10-14-18/h5-14,19H,3-4,15-16H2,1-2H3,(H,24,26). The zero-order valence-corrected chi connectivity index (χ0v) is 19.4. The fourth-order valence-electron chi connectivity index (χ4n) is 2.60. The molecule has 0 aliphatic carbocycles. The van der Waals surface area contributed by atoms with Crippen molar-refractivity contribution in [3.05, 3.63) is 71.8 Å². The predicted molar refractivity (Wildman–Crippen MR) is 114 cm³/mol. The highest BCUT2D eigenvalue weighted by Gasteiger charge is 2.57. The Balaban J connectivity index is 2.33. The molecule has 12 heteroatoms. The average Bonchev–Trinajstić information content (AvgIpc) is 2.76. The lowest BCUT2D eigenvalue weighted by atomic mass is 10.2. The second-order valence-electron chi connectivity index (χ2n) is 6.46. The third-order valence-electron chi connectivity index (χ3n) is 4.01. The van der Waals surface area contributed by atoms with Gasteiger partial charge in [0.2, 0.25) is 5.78 Å². The number of halogens is 3. The SMILES string of the molecule is CCOP(=O)(OCC)C(NP(=O)(OCc1ccccc1)OCc1ccccc1)C(F)(F)F. The molecule has 1 N–H and O–H groups in total. The van der Waals surface area contributed by atoms with Gasteiger partial charge in [0.25, 0.3) is 0 Å². The second-order valence-corrected chi connectivity index (χ2v) is 10.3. The molecule has 7 nitrogen and oxygen atoms in total. The van der Waals surface area contributed by atoms with E-state index in [4.69, 9.17) is 18.1 Å². The molecule has 1 unspecified atom stereocenters.